The van der Waals surface area contributed by atoms with Crippen LogP contribution in [0.25, 0.3) is 0 Å². The lowest BCUT2D eigenvalue weighted by Crippen LogP contribution is -2.21. The predicted octanol–water partition coefficient (Wildman–Crippen LogP) is 1.69. The molecule has 0 aliphatic carbocycles. The highest BCUT2D eigenvalue weighted by molar-refractivity contribution is 5.49. The van der Waals surface area contributed by atoms with Crippen molar-refractivity contribution in [2.75, 3.05) is 11.9 Å². The summed E-state index contributed by atoms with van der Waals surface area (Å²) in [5.74, 6) is 0.720. The zero-order valence-electron chi connectivity index (χ0n) is 6.67. The van der Waals surface area contributed by atoms with Crippen molar-refractivity contribution >= 4 is 5.69 Å². The van der Waals surface area contributed by atoms with Gasteiger partial charge in [0.1, 0.15) is 0 Å². The number of nitrogens with zero attached hydrogens (tertiary/aromatic N) is 1. The molecule has 0 unspecified atom stereocenters. The number of nitrogens with one attached hydrogen (secondary N) is 1. The van der Waals surface area contributed by atoms with E-state index in [1.807, 2.05) is 12.3 Å². The van der Waals surface area contributed by atoms with E-state index >= 15 is 0 Å². The minimum Gasteiger partial charge on any atom is -0.383 e. The second-order valence-corrected chi connectivity index (χ2v) is 3.19. The maximum Gasteiger partial charge on any atom is 0.0637 e. The van der Waals surface area contributed by atoms with Crippen molar-refractivity contribution in [3.05, 3.63) is 24.0 Å². The van der Waals surface area contributed by atoms with Crippen LogP contribution in [0.3, 0.4) is 0 Å². The zero-order chi connectivity index (χ0) is 7.68. The lowest BCUT2D eigenvalue weighted by Gasteiger charge is -2.21. The number of hydrogen-bond donors (Lipinski definition) is 1. The Labute approximate surface area is 66.7 Å². The van der Waals surface area contributed by atoms with Crippen LogP contribution >= 0.6 is 0 Å². The van der Waals surface area contributed by atoms with Crippen LogP contribution in [0.2, 0.25) is 0 Å². The number of fused-ring (bicyclic) bond motifs is 1. The third-order valence-electron chi connectivity index (χ3n) is 2.07. The molecule has 1 aliphatic rings. The van der Waals surface area contributed by atoms with E-state index in [1.165, 1.54) is 11.4 Å². The SMILES string of the molecule is C[C@H]1CNc2cccnc2C1. The Balaban J connectivity index is 2.34. The number of aromatic nitrogens is 1. The minimum absolute atomic E-state index is 0.720. The molecule has 58 valence electrons. The normalized spacial score (nSPS) is 22.1. The van der Waals surface area contributed by atoms with Gasteiger partial charge in [-0.2, -0.15) is 0 Å². The van der Waals surface area contributed by atoms with Crippen LogP contribution in [0.15, 0.2) is 18.3 Å². The summed E-state index contributed by atoms with van der Waals surface area (Å²) in [6.45, 7) is 3.32. The molecule has 0 spiro atoms. The molecule has 1 atom stereocenters. The molecule has 2 heteroatoms. The summed E-state index contributed by atoms with van der Waals surface area (Å²) in [5.41, 5.74) is 2.43. The number of hydrogen-bond acceptors (Lipinski definition) is 2. The largest absolute Gasteiger partial charge is 0.383 e. The summed E-state index contributed by atoms with van der Waals surface area (Å²) in [5, 5.41) is 3.35. The second-order valence-electron chi connectivity index (χ2n) is 3.19. The molecule has 1 aliphatic heterocycles. The van der Waals surface area contributed by atoms with Gasteiger partial charge in [0.25, 0.3) is 0 Å². The Morgan fingerprint density at radius 3 is 3.45 bits per heavy atom. The molecule has 0 saturated carbocycles. The van der Waals surface area contributed by atoms with E-state index in [4.69, 9.17) is 0 Å². The summed E-state index contributed by atoms with van der Waals surface area (Å²) in [6.07, 6.45) is 2.97. The summed E-state index contributed by atoms with van der Waals surface area (Å²) in [6, 6.07) is 4.07. The first-order chi connectivity index (χ1) is 5.36. The lowest BCUT2D eigenvalue weighted by molar-refractivity contribution is 0.584. The van der Waals surface area contributed by atoms with E-state index in [0.717, 1.165) is 18.9 Å². The van der Waals surface area contributed by atoms with Crippen molar-refractivity contribution in [2.45, 2.75) is 13.3 Å². The fourth-order valence-electron chi connectivity index (χ4n) is 1.45. The second kappa shape index (κ2) is 2.53. The number of pyridine rings is 1. The average molecular weight is 148 g/mol. The number of anilines is 1. The van der Waals surface area contributed by atoms with Crippen molar-refractivity contribution in [3.8, 4) is 0 Å². The van der Waals surface area contributed by atoms with Crippen molar-refractivity contribution in [1.29, 1.82) is 0 Å². The monoisotopic (exact) mass is 148 g/mol. The number of rotatable bonds is 0. The van der Waals surface area contributed by atoms with E-state index in [-0.39, 0.29) is 0 Å². The standard InChI is InChI=1S/C9H12N2/c1-7-5-9-8(11-6-7)3-2-4-10-9/h2-4,7,11H,5-6H2,1H3/t7-/m1/s1. The van der Waals surface area contributed by atoms with Gasteiger partial charge in [0, 0.05) is 12.7 Å². The molecular formula is C9H12N2. The third-order valence-corrected chi connectivity index (χ3v) is 2.07. The molecule has 2 rings (SSSR count). The molecule has 0 radical (unpaired) electrons. The smallest absolute Gasteiger partial charge is 0.0637 e. The van der Waals surface area contributed by atoms with E-state index in [2.05, 4.69) is 23.3 Å². The van der Waals surface area contributed by atoms with Crippen molar-refractivity contribution in [3.63, 3.8) is 0 Å². The Hall–Kier alpha value is -1.05. The van der Waals surface area contributed by atoms with E-state index < -0.39 is 0 Å². The molecule has 1 aromatic heterocycles. The Bertz CT molecular complexity index is 257. The van der Waals surface area contributed by atoms with Crippen LogP contribution in [0.4, 0.5) is 5.69 Å². The van der Waals surface area contributed by atoms with Gasteiger partial charge in [-0.3, -0.25) is 4.98 Å². The summed E-state index contributed by atoms with van der Waals surface area (Å²) in [7, 11) is 0. The van der Waals surface area contributed by atoms with Gasteiger partial charge in [-0.15, -0.1) is 0 Å². The van der Waals surface area contributed by atoms with Gasteiger partial charge in [-0.1, -0.05) is 6.92 Å². The van der Waals surface area contributed by atoms with Crippen LogP contribution in [-0.2, 0) is 6.42 Å². The summed E-state index contributed by atoms with van der Waals surface area (Å²) < 4.78 is 0. The van der Waals surface area contributed by atoms with Gasteiger partial charge in [-0.05, 0) is 24.5 Å². The van der Waals surface area contributed by atoms with Gasteiger partial charge < -0.3 is 5.32 Å². The average Bonchev–Trinajstić information content (AvgIpc) is 2.04. The Kier molecular flexibility index (Phi) is 1.53. The Morgan fingerprint density at radius 1 is 1.64 bits per heavy atom. The first-order valence-corrected chi connectivity index (χ1v) is 4.04. The van der Waals surface area contributed by atoms with Gasteiger partial charge >= 0.3 is 0 Å². The van der Waals surface area contributed by atoms with E-state index in [9.17, 15) is 0 Å². The molecule has 1 N–H and O–H groups in total. The minimum atomic E-state index is 0.720. The van der Waals surface area contributed by atoms with E-state index in [0.29, 0.717) is 0 Å². The topological polar surface area (TPSA) is 24.9 Å². The molecular weight excluding hydrogens is 136 g/mol. The highest BCUT2D eigenvalue weighted by Gasteiger charge is 2.13. The maximum atomic E-state index is 4.31. The summed E-state index contributed by atoms with van der Waals surface area (Å²) >= 11 is 0. The van der Waals surface area contributed by atoms with Crippen LogP contribution < -0.4 is 5.32 Å². The van der Waals surface area contributed by atoms with Gasteiger partial charge in [0.2, 0.25) is 0 Å². The molecule has 1 aromatic rings. The molecule has 0 saturated heterocycles. The quantitative estimate of drug-likeness (QED) is 0.605. The Morgan fingerprint density at radius 2 is 2.55 bits per heavy atom. The fourth-order valence-corrected chi connectivity index (χ4v) is 1.45. The van der Waals surface area contributed by atoms with Gasteiger partial charge in [-0.25, -0.2) is 0 Å². The third kappa shape index (κ3) is 1.20. The van der Waals surface area contributed by atoms with Crippen LogP contribution in [0.1, 0.15) is 12.6 Å². The predicted molar refractivity (Wildman–Crippen MR) is 45.6 cm³/mol. The van der Waals surface area contributed by atoms with Gasteiger partial charge in [0.15, 0.2) is 0 Å². The fraction of sp³-hybridized carbons (Fsp3) is 0.444. The van der Waals surface area contributed by atoms with Crippen LogP contribution in [-0.4, -0.2) is 11.5 Å². The molecule has 0 amide bonds. The first-order valence-electron chi connectivity index (χ1n) is 4.04. The van der Waals surface area contributed by atoms with Crippen molar-refractivity contribution < 1.29 is 0 Å². The van der Waals surface area contributed by atoms with Crippen molar-refractivity contribution in [2.24, 2.45) is 5.92 Å². The highest BCUT2D eigenvalue weighted by Crippen LogP contribution is 2.21. The lowest BCUT2D eigenvalue weighted by atomic mass is 10.0. The van der Waals surface area contributed by atoms with Crippen LogP contribution in [0, 0.1) is 5.92 Å². The van der Waals surface area contributed by atoms with E-state index in [1.54, 1.807) is 0 Å². The highest BCUT2D eigenvalue weighted by atomic mass is 14.9. The molecule has 0 fully saturated rings. The maximum absolute atomic E-state index is 4.31. The molecule has 2 heterocycles. The van der Waals surface area contributed by atoms with Gasteiger partial charge in [0.05, 0.1) is 11.4 Å². The zero-order valence-corrected chi connectivity index (χ0v) is 6.67. The molecule has 11 heavy (non-hydrogen) atoms. The van der Waals surface area contributed by atoms with Crippen LogP contribution in [0.5, 0.6) is 0 Å². The first kappa shape index (κ1) is 6.65. The molecule has 2 nitrogen and oxygen atoms in total. The van der Waals surface area contributed by atoms with Crippen molar-refractivity contribution in [1.82, 2.24) is 4.98 Å². The summed E-state index contributed by atoms with van der Waals surface area (Å²) in [4.78, 5) is 4.31. The molecule has 0 aromatic carbocycles. The molecule has 0 bridgehead atoms.